The van der Waals surface area contributed by atoms with E-state index < -0.39 is 11.9 Å². The Kier molecular flexibility index (Phi) is 8.62. The molecule has 9 heteroatoms. The summed E-state index contributed by atoms with van der Waals surface area (Å²) in [6, 6.07) is 17.1. The largest absolute Gasteiger partial charge is 0.496 e. The Morgan fingerprint density at radius 1 is 1.03 bits per heavy atom. The first-order valence-corrected chi connectivity index (χ1v) is 11.4. The number of methoxy groups -OCH3 is 1. The lowest BCUT2D eigenvalue weighted by atomic mass is 10.2. The minimum Gasteiger partial charge on any atom is -0.496 e. The van der Waals surface area contributed by atoms with Gasteiger partial charge in [0.15, 0.2) is 11.5 Å². The summed E-state index contributed by atoms with van der Waals surface area (Å²) in [6.45, 7) is 2.19. The summed E-state index contributed by atoms with van der Waals surface area (Å²) in [7, 11) is 1.49. The molecule has 0 atom stereocenters. The number of hydrogen-bond donors (Lipinski definition) is 1. The van der Waals surface area contributed by atoms with Crippen LogP contribution in [0.15, 0.2) is 74.7 Å². The van der Waals surface area contributed by atoms with Crippen molar-refractivity contribution >= 4 is 50.0 Å². The van der Waals surface area contributed by atoms with E-state index in [-0.39, 0.29) is 5.75 Å². The second kappa shape index (κ2) is 11.6. The molecule has 1 amide bonds. The standard InChI is InChI=1S/C24H20Br2N2O5/c1-3-32-21-12-15(11-19(26)22(21)33-24(30)16-7-5-4-6-8-16)14-27-28-23(29)18-13-17(25)9-10-20(18)31-2/h4-14H,3H2,1-2H3,(H,28,29)/b27-14-. The zero-order chi connectivity index (χ0) is 23.8. The van der Waals surface area contributed by atoms with E-state index >= 15 is 0 Å². The van der Waals surface area contributed by atoms with Crippen molar-refractivity contribution in [2.75, 3.05) is 13.7 Å². The highest BCUT2D eigenvalue weighted by atomic mass is 79.9. The summed E-state index contributed by atoms with van der Waals surface area (Å²) in [5.74, 6) is 0.107. The molecular formula is C24H20Br2N2O5. The van der Waals surface area contributed by atoms with Crippen molar-refractivity contribution in [3.8, 4) is 17.2 Å². The molecule has 3 rings (SSSR count). The van der Waals surface area contributed by atoms with Crippen molar-refractivity contribution in [3.63, 3.8) is 0 Å². The highest BCUT2D eigenvalue weighted by Gasteiger charge is 2.17. The van der Waals surface area contributed by atoms with Gasteiger partial charge in [0.25, 0.3) is 5.91 Å². The van der Waals surface area contributed by atoms with E-state index in [1.165, 1.54) is 13.3 Å². The predicted octanol–water partition coefficient (Wildman–Crippen LogP) is 5.60. The summed E-state index contributed by atoms with van der Waals surface area (Å²) in [4.78, 5) is 25.0. The van der Waals surface area contributed by atoms with Crippen LogP contribution in [0.1, 0.15) is 33.2 Å². The molecule has 0 heterocycles. The van der Waals surface area contributed by atoms with Crippen LogP contribution in [0.5, 0.6) is 17.2 Å². The van der Waals surface area contributed by atoms with Crippen molar-refractivity contribution in [1.82, 2.24) is 5.43 Å². The average molecular weight is 576 g/mol. The summed E-state index contributed by atoms with van der Waals surface area (Å²) in [5.41, 5.74) is 3.85. The number of nitrogens with zero attached hydrogens (tertiary/aromatic N) is 1. The molecule has 0 aliphatic rings. The summed E-state index contributed by atoms with van der Waals surface area (Å²) >= 11 is 6.76. The predicted molar refractivity (Wildman–Crippen MR) is 132 cm³/mol. The molecule has 7 nitrogen and oxygen atoms in total. The fourth-order valence-electron chi connectivity index (χ4n) is 2.83. The van der Waals surface area contributed by atoms with Crippen LogP contribution in [-0.2, 0) is 0 Å². The molecule has 33 heavy (non-hydrogen) atoms. The van der Waals surface area contributed by atoms with E-state index in [1.807, 2.05) is 13.0 Å². The number of carbonyl (C=O) groups excluding carboxylic acids is 2. The lowest BCUT2D eigenvalue weighted by Crippen LogP contribution is -2.18. The number of carbonyl (C=O) groups is 2. The van der Waals surface area contributed by atoms with Crippen LogP contribution in [0.25, 0.3) is 0 Å². The van der Waals surface area contributed by atoms with Crippen LogP contribution < -0.4 is 19.6 Å². The zero-order valence-corrected chi connectivity index (χ0v) is 21.0. The second-order valence-corrected chi connectivity index (χ2v) is 8.33. The number of hydrazone groups is 1. The number of rotatable bonds is 8. The molecule has 0 spiro atoms. The number of esters is 1. The number of hydrogen-bond acceptors (Lipinski definition) is 6. The Morgan fingerprint density at radius 3 is 2.48 bits per heavy atom. The van der Waals surface area contributed by atoms with E-state index in [2.05, 4.69) is 42.4 Å². The first-order valence-electron chi connectivity index (χ1n) is 9.83. The molecule has 0 fully saturated rings. The van der Waals surface area contributed by atoms with E-state index in [0.717, 1.165) is 4.47 Å². The molecule has 0 radical (unpaired) electrons. The van der Waals surface area contributed by atoms with Crippen molar-refractivity contribution in [2.45, 2.75) is 6.92 Å². The van der Waals surface area contributed by atoms with Crippen LogP contribution >= 0.6 is 31.9 Å². The maximum Gasteiger partial charge on any atom is 0.343 e. The van der Waals surface area contributed by atoms with Gasteiger partial charge >= 0.3 is 5.97 Å². The minimum absolute atomic E-state index is 0.255. The Labute approximate surface area is 208 Å². The van der Waals surface area contributed by atoms with E-state index in [0.29, 0.717) is 39.3 Å². The van der Waals surface area contributed by atoms with Gasteiger partial charge in [-0.15, -0.1) is 0 Å². The normalized spacial score (nSPS) is 10.7. The molecule has 0 aliphatic carbocycles. The van der Waals surface area contributed by atoms with Gasteiger partial charge in [0, 0.05) is 4.47 Å². The molecular weight excluding hydrogens is 556 g/mol. The third kappa shape index (κ3) is 6.43. The van der Waals surface area contributed by atoms with Crippen LogP contribution in [0.2, 0.25) is 0 Å². The van der Waals surface area contributed by atoms with Gasteiger partial charge in [0.2, 0.25) is 0 Å². The highest BCUT2D eigenvalue weighted by Crippen LogP contribution is 2.37. The number of halogens is 2. The smallest absolute Gasteiger partial charge is 0.343 e. The Bertz CT molecular complexity index is 1180. The minimum atomic E-state index is -0.506. The first-order chi connectivity index (χ1) is 15.9. The van der Waals surface area contributed by atoms with Crippen LogP contribution in [0, 0.1) is 0 Å². The maximum atomic E-state index is 12.5. The maximum absolute atomic E-state index is 12.5. The molecule has 0 aliphatic heterocycles. The number of amides is 1. The third-order valence-corrected chi connectivity index (χ3v) is 5.40. The van der Waals surface area contributed by atoms with Crippen LogP contribution in [-0.4, -0.2) is 31.8 Å². The molecule has 3 aromatic carbocycles. The van der Waals surface area contributed by atoms with E-state index in [1.54, 1.807) is 54.6 Å². The summed E-state index contributed by atoms with van der Waals surface area (Å²) < 4.78 is 17.7. The molecule has 0 saturated heterocycles. The van der Waals surface area contributed by atoms with Crippen LogP contribution in [0.4, 0.5) is 0 Å². The van der Waals surface area contributed by atoms with Gasteiger partial charge in [-0.25, -0.2) is 10.2 Å². The number of nitrogens with one attached hydrogen (secondary N) is 1. The van der Waals surface area contributed by atoms with Crippen LogP contribution in [0.3, 0.4) is 0 Å². The molecule has 0 saturated carbocycles. The molecule has 170 valence electrons. The Hall–Kier alpha value is -3.17. The number of benzene rings is 3. The molecule has 0 aromatic heterocycles. The monoisotopic (exact) mass is 574 g/mol. The van der Waals surface area contributed by atoms with Gasteiger partial charge in [0.1, 0.15) is 5.75 Å². The molecule has 3 aromatic rings. The average Bonchev–Trinajstić information content (AvgIpc) is 2.81. The van der Waals surface area contributed by atoms with E-state index in [9.17, 15) is 9.59 Å². The van der Waals surface area contributed by atoms with Gasteiger partial charge in [-0.05, 0) is 70.9 Å². The van der Waals surface area contributed by atoms with Crippen molar-refractivity contribution in [3.05, 3.63) is 86.3 Å². The van der Waals surface area contributed by atoms with Crippen molar-refractivity contribution in [1.29, 1.82) is 0 Å². The number of ether oxygens (including phenoxy) is 3. The van der Waals surface area contributed by atoms with Crippen molar-refractivity contribution in [2.24, 2.45) is 5.10 Å². The van der Waals surface area contributed by atoms with Gasteiger partial charge in [0.05, 0.1) is 35.5 Å². The van der Waals surface area contributed by atoms with Gasteiger partial charge in [-0.3, -0.25) is 4.79 Å². The fourth-order valence-corrected chi connectivity index (χ4v) is 3.74. The Morgan fingerprint density at radius 2 is 1.79 bits per heavy atom. The third-order valence-electron chi connectivity index (χ3n) is 4.32. The second-order valence-electron chi connectivity index (χ2n) is 6.56. The van der Waals surface area contributed by atoms with Gasteiger partial charge in [-0.1, -0.05) is 34.1 Å². The van der Waals surface area contributed by atoms with Gasteiger partial charge in [-0.2, -0.15) is 5.10 Å². The first kappa shape index (κ1) is 24.5. The van der Waals surface area contributed by atoms with Crippen molar-refractivity contribution < 1.29 is 23.8 Å². The zero-order valence-electron chi connectivity index (χ0n) is 17.8. The quantitative estimate of drug-likeness (QED) is 0.163. The molecule has 0 unspecified atom stereocenters. The van der Waals surface area contributed by atoms with Gasteiger partial charge < -0.3 is 14.2 Å². The summed E-state index contributed by atoms with van der Waals surface area (Å²) in [6.07, 6.45) is 1.46. The highest BCUT2D eigenvalue weighted by molar-refractivity contribution is 9.10. The Balaban J connectivity index is 1.79. The molecule has 1 N–H and O–H groups in total. The van der Waals surface area contributed by atoms with E-state index in [4.69, 9.17) is 14.2 Å². The fraction of sp³-hybridized carbons (Fsp3) is 0.125. The summed E-state index contributed by atoms with van der Waals surface area (Å²) in [5, 5.41) is 4.02. The topological polar surface area (TPSA) is 86.2 Å². The molecule has 0 bridgehead atoms. The lowest BCUT2D eigenvalue weighted by Gasteiger charge is -2.13. The SMILES string of the molecule is CCOc1cc(/C=N\NC(=O)c2cc(Br)ccc2OC)cc(Br)c1OC(=O)c1ccccc1. The lowest BCUT2D eigenvalue weighted by molar-refractivity contribution is 0.0726.